The van der Waals surface area contributed by atoms with E-state index in [0.29, 0.717) is 30.2 Å². The standard InChI is InChI=1S/C9H14N2O2/c10-8-3-2-7(6-9(8)11)13-5-1-4-12/h2-3,6,12H,1,4-5,10-11H2. The molecule has 0 aliphatic rings. The van der Waals surface area contributed by atoms with E-state index in [4.69, 9.17) is 21.3 Å². The van der Waals surface area contributed by atoms with Crippen LogP contribution in [-0.4, -0.2) is 18.3 Å². The number of hydrogen-bond donors (Lipinski definition) is 3. The van der Waals surface area contributed by atoms with Crippen molar-refractivity contribution in [2.45, 2.75) is 6.42 Å². The summed E-state index contributed by atoms with van der Waals surface area (Å²) in [6.07, 6.45) is 0.615. The second-order valence-electron chi connectivity index (χ2n) is 2.72. The summed E-state index contributed by atoms with van der Waals surface area (Å²) >= 11 is 0. The SMILES string of the molecule is Nc1ccc(OCCCO)cc1N. The van der Waals surface area contributed by atoms with Gasteiger partial charge >= 0.3 is 0 Å². The summed E-state index contributed by atoms with van der Waals surface area (Å²) in [5.41, 5.74) is 12.2. The summed E-state index contributed by atoms with van der Waals surface area (Å²) < 4.78 is 5.29. The van der Waals surface area contributed by atoms with Crippen molar-refractivity contribution in [1.29, 1.82) is 0 Å². The monoisotopic (exact) mass is 182 g/mol. The molecular weight excluding hydrogens is 168 g/mol. The van der Waals surface area contributed by atoms with Gasteiger partial charge in [-0.05, 0) is 12.1 Å². The van der Waals surface area contributed by atoms with E-state index < -0.39 is 0 Å². The predicted octanol–water partition coefficient (Wildman–Crippen LogP) is 0.612. The van der Waals surface area contributed by atoms with Crippen molar-refractivity contribution in [3.05, 3.63) is 18.2 Å². The highest BCUT2D eigenvalue weighted by Crippen LogP contribution is 2.21. The Bertz CT molecular complexity index is 276. The molecule has 0 bridgehead atoms. The zero-order chi connectivity index (χ0) is 9.68. The van der Waals surface area contributed by atoms with Gasteiger partial charge in [-0.1, -0.05) is 0 Å². The molecule has 0 aliphatic heterocycles. The lowest BCUT2D eigenvalue weighted by Crippen LogP contribution is -2.01. The summed E-state index contributed by atoms with van der Waals surface area (Å²) in [7, 11) is 0. The molecular formula is C9H14N2O2. The normalized spacial score (nSPS) is 9.92. The van der Waals surface area contributed by atoms with Crippen LogP contribution < -0.4 is 16.2 Å². The van der Waals surface area contributed by atoms with Crippen LogP contribution >= 0.6 is 0 Å². The van der Waals surface area contributed by atoms with Crippen LogP contribution in [0.2, 0.25) is 0 Å². The number of ether oxygens (including phenoxy) is 1. The van der Waals surface area contributed by atoms with E-state index >= 15 is 0 Å². The number of anilines is 2. The molecule has 0 aromatic heterocycles. The van der Waals surface area contributed by atoms with E-state index in [1.54, 1.807) is 18.2 Å². The number of nitrogen functional groups attached to an aromatic ring is 2. The van der Waals surface area contributed by atoms with E-state index in [2.05, 4.69) is 0 Å². The largest absolute Gasteiger partial charge is 0.493 e. The second-order valence-corrected chi connectivity index (χ2v) is 2.72. The smallest absolute Gasteiger partial charge is 0.121 e. The Hall–Kier alpha value is -1.42. The van der Waals surface area contributed by atoms with Crippen molar-refractivity contribution >= 4 is 11.4 Å². The Kier molecular flexibility index (Phi) is 3.40. The average molecular weight is 182 g/mol. The van der Waals surface area contributed by atoms with Crippen molar-refractivity contribution in [3.63, 3.8) is 0 Å². The molecule has 1 rings (SSSR count). The molecule has 1 aromatic rings. The van der Waals surface area contributed by atoms with Crippen molar-refractivity contribution < 1.29 is 9.84 Å². The predicted molar refractivity (Wildman–Crippen MR) is 52.5 cm³/mol. The first-order chi connectivity index (χ1) is 6.24. The number of rotatable bonds is 4. The molecule has 0 saturated carbocycles. The van der Waals surface area contributed by atoms with Gasteiger partial charge in [0, 0.05) is 19.1 Å². The first-order valence-electron chi connectivity index (χ1n) is 4.12. The fourth-order valence-corrected chi connectivity index (χ4v) is 0.897. The molecule has 4 heteroatoms. The lowest BCUT2D eigenvalue weighted by atomic mass is 10.2. The van der Waals surface area contributed by atoms with Crippen LogP contribution in [0.1, 0.15) is 6.42 Å². The van der Waals surface area contributed by atoms with E-state index in [1.807, 2.05) is 0 Å². The number of aliphatic hydroxyl groups is 1. The lowest BCUT2D eigenvalue weighted by molar-refractivity contribution is 0.233. The summed E-state index contributed by atoms with van der Waals surface area (Å²) in [5.74, 6) is 0.681. The van der Waals surface area contributed by atoms with Crippen LogP contribution in [-0.2, 0) is 0 Å². The molecule has 5 N–H and O–H groups in total. The number of nitrogens with two attached hydrogens (primary N) is 2. The molecule has 0 spiro atoms. The van der Waals surface area contributed by atoms with E-state index in [0.717, 1.165) is 0 Å². The third kappa shape index (κ3) is 2.83. The van der Waals surface area contributed by atoms with Gasteiger partial charge in [-0.2, -0.15) is 0 Å². The summed E-state index contributed by atoms with van der Waals surface area (Å²) in [6.45, 7) is 0.615. The summed E-state index contributed by atoms with van der Waals surface area (Å²) in [5, 5.41) is 8.52. The fourth-order valence-electron chi connectivity index (χ4n) is 0.897. The highest BCUT2D eigenvalue weighted by molar-refractivity contribution is 5.65. The van der Waals surface area contributed by atoms with Gasteiger partial charge in [0.25, 0.3) is 0 Å². The minimum Gasteiger partial charge on any atom is -0.493 e. The number of aliphatic hydroxyl groups excluding tert-OH is 1. The molecule has 0 heterocycles. The molecule has 4 nitrogen and oxygen atoms in total. The quantitative estimate of drug-likeness (QED) is 0.470. The molecule has 0 unspecified atom stereocenters. The molecule has 0 radical (unpaired) electrons. The Labute approximate surface area is 77.1 Å². The summed E-state index contributed by atoms with van der Waals surface area (Å²) in [4.78, 5) is 0. The zero-order valence-electron chi connectivity index (χ0n) is 7.36. The van der Waals surface area contributed by atoms with Crippen molar-refractivity contribution in [3.8, 4) is 5.75 Å². The van der Waals surface area contributed by atoms with Crippen LogP contribution in [0.25, 0.3) is 0 Å². The van der Waals surface area contributed by atoms with E-state index in [9.17, 15) is 0 Å². The van der Waals surface area contributed by atoms with Crippen LogP contribution in [0.4, 0.5) is 11.4 Å². The Morgan fingerprint density at radius 1 is 1.23 bits per heavy atom. The van der Waals surface area contributed by atoms with Gasteiger partial charge in [-0.25, -0.2) is 0 Å². The van der Waals surface area contributed by atoms with Gasteiger partial charge in [-0.15, -0.1) is 0 Å². The van der Waals surface area contributed by atoms with E-state index in [-0.39, 0.29) is 6.61 Å². The van der Waals surface area contributed by atoms with Crippen molar-refractivity contribution in [1.82, 2.24) is 0 Å². The molecule has 1 aromatic carbocycles. The minimum absolute atomic E-state index is 0.129. The first-order valence-corrected chi connectivity index (χ1v) is 4.12. The third-order valence-electron chi connectivity index (χ3n) is 1.63. The van der Waals surface area contributed by atoms with Crippen molar-refractivity contribution in [2.75, 3.05) is 24.7 Å². The molecule has 72 valence electrons. The lowest BCUT2D eigenvalue weighted by Gasteiger charge is -2.06. The Balaban J connectivity index is 2.53. The second kappa shape index (κ2) is 4.57. The maximum absolute atomic E-state index is 8.52. The molecule has 0 aliphatic carbocycles. The van der Waals surface area contributed by atoms with Gasteiger partial charge in [0.15, 0.2) is 0 Å². The highest BCUT2D eigenvalue weighted by atomic mass is 16.5. The first kappa shape index (κ1) is 9.67. The number of hydrogen-bond acceptors (Lipinski definition) is 4. The van der Waals surface area contributed by atoms with Gasteiger partial charge in [-0.3, -0.25) is 0 Å². The highest BCUT2D eigenvalue weighted by Gasteiger charge is 1.97. The molecule has 13 heavy (non-hydrogen) atoms. The molecule has 0 saturated heterocycles. The van der Waals surface area contributed by atoms with Crippen LogP contribution in [0.5, 0.6) is 5.75 Å². The van der Waals surface area contributed by atoms with Gasteiger partial charge in [0.1, 0.15) is 5.75 Å². The molecule has 0 amide bonds. The summed E-state index contributed by atoms with van der Waals surface area (Å²) in [6, 6.07) is 5.12. The van der Waals surface area contributed by atoms with Crippen molar-refractivity contribution in [2.24, 2.45) is 0 Å². The minimum atomic E-state index is 0.129. The Morgan fingerprint density at radius 3 is 2.62 bits per heavy atom. The van der Waals surface area contributed by atoms with Gasteiger partial charge in [0.05, 0.1) is 18.0 Å². The van der Waals surface area contributed by atoms with Crippen LogP contribution in [0, 0.1) is 0 Å². The fraction of sp³-hybridized carbons (Fsp3) is 0.333. The van der Waals surface area contributed by atoms with Crippen LogP contribution in [0.15, 0.2) is 18.2 Å². The third-order valence-corrected chi connectivity index (χ3v) is 1.63. The van der Waals surface area contributed by atoms with Gasteiger partial charge in [0.2, 0.25) is 0 Å². The topological polar surface area (TPSA) is 81.5 Å². The van der Waals surface area contributed by atoms with Gasteiger partial charge < -0.3 is 21.3 Å². The van der Waals surface area contributed by atoms with Crippen LogP contribution in [0.3, 0.4) is 0 Å². The van der Waals surface area contributed by atoms with E-state index in [1.165, 1.54) is 0 Å². The molecule has 0 atom stereocenters. The zero-order valence-corrected chi connectivity index (χ0v) is 7.36. The number of benzene rings is 1. The average Bonchev–Trinajstić information content (AvgIpc) is 2.12. The maximum atomic E-state index is 8.52. The molecule has 0 fully saturated rings. The Morgan fingerprint density at radius 2 is 2.00 bits per heavy atom. The maximum Gasteiger partial charge on any atom is 0.121 e.